The van der Waals surface area contributed by atoms with Gasteiger partial charge in [-0.1, -0.05) is 0 Å². The Morgan fingerprint density at radius 2 is 2.46 bits per heavy atom. The van der Waals surface area contributed by atoms with E-state index in [2.05, 4.69) is 0 Å². The lowest BCUT2D eigenvalue weighted by atomic mass is 9.84. The molecule has 0 aromatic rings. The van der Waals surface area contributed by atoms with Crippen LogP contribution in [0.15, 0.2) is 23.0 Å². The molecule has 1 saturated heterocycles. The fourth-order valence-electron chi connectivity index (χ4n) is 2.01. The largest absolute Gasteiger partial charge is 0.493 e. The molecule has 1 atom stereocenters. The smallest absolute Gasteiger partial charge is 0.134 e. The highest BCUT2D eigenvalue weighted by atomic mass is 19.1. The summed E-state index contributed by atoms with van der Waals surface area (Å²) in [5.41, 5.74) is 6.01. The Balaban J connectivity index is 2.44. The van der Waals surface area contributed by atoms with E-state index in [1.54, 1.807) is 6.92 Å². The molecule has 1 heterocycles. The van der Waals surface area contributed by atoms with Crippen LogP contribution in [0.4, 0.5) is 4.39 Å². The second-order valence-electron chi connectivity index (χ2n) is 3.73. The molecule has 0 saturated carbocycles. The van der Waals surface area contributed by atoms with Gasteiger partial charge in [-0.15, -0.1) is 0 Å². The van der Waals surface area contributed by atoms with Crippen molar-refractivity contribution in [2.24, 2.45) is 5.73 Å². The molecule has 0 aromatic carbocycles. The van der Waals surface area contributed by atoms with E-state index in [9.17, 15) is 4.39 Å². The van der Waals surface area contributed by atoms with Gasteiger partial charge in [0.2, 0.25) is 0 Å². The minimum atomic E-state index is -1.26. The predicted octanol–water partition coefficient (Wildman–Crippen LogP) is 1.68. The molecule has 0 amide bonds. The van der Waals surface area contributed by atoms with Crippen molar-refractivity contribution in [2.75, 3.05) is 13.2 Å². The molecule has 2 N–H and O–H groups in total. The first-order valence-corrected chi connectivity index (χ1v) is 4.60. The molecule has 2 rings (SSSR count). The molecule has 2 aliphatic rings. The summed E-state index contributed by atoms with van der Waals surface area (Å²) in [7, 11) is 0. The lowest BCUT2D eigenvalue weighted by Crippen LogP contribution is -2.29. The summed E-state index contributed by atoms with van der Waals surface area (Å²) in [4.78, 5) is 0. The Morgan fingerprint density at radius 3 is 3.15 bits per heavy atom. The molecule has 0 spiro atoms. The lowest BCUT2D eigenvalue weighted by molar-refractivity contribution is 0.222. The van der Waals surface area contributed by atoms with Crippen molar-refractivity contribution in [1.82, 2.24) is 0 Å². The first-order valence-electron chi connectivity index (χ1n) is 4.60. The monoisotopic (exact) mass is 183 g/mol. The van der Waals surface area contributed by atoms with Gasteiger partial charge in [0, 0.05) is 25.0 Å². The van der Waals surface area contributed by atoms with E-state index >= 15 is 0 Å². The van der Waals surface area contributed by atoms with Crippen LogP contribution in [-0.4, -0.2) is 18.8 Å². The van der Waals surface area contributed by atoms with Gasteiger partial charge in [-0.3, -0.25) is 0 Å². The average molecular weight is 183 g/mol. The van der Waals surface area contributed by atoms with E-state index in [0.29, 0.717) is 19.6 Å². The van der Waals surface area contributed by atoms with Crippen LogP contribution in [0.25, 0.3) is 0 Å². The summed E-state index contributed by atoms with van der Waals surface area (Å²) in [6.07, 6.45) is 3.03. The number of ether oxygens (including phenoxy) is 1. The van der Waals surface area contributed by atoms with Crippen molar-refractivity contribution in [2.45, 2.75) is 25.4 Å². The van der Waals surface area contributed by atoms with Crippen LogP contribution in [0, 0.1) is 0 Å². The van der Waals surface area contributed by atoms with Crippen LogP contribution in [0.3, 0.4) is 0 Å². The average Bonchev–Trinajstić information content (AvgIpc) is 2.50. The van der Waals surface area contributed by atoms with Crippen LogP contribution >= 0.6 is 0 Å². The third kappa shape index (κ3) is 1.27. The highest BCUT2D eigenvalue weighted by Gasteiger charge is 2.36. The van der Waals surface area contributed by atoms with E-state index in [0.717, 1.165) is 23.3 Å². The fraction of sp³-hybridized carbons (Fsp3) is 0.600. The summed E-state index contributed by atoms with van der Waals surface area (Å²) >= 11 is 0. The molecule has 1 unspecified atom stereocenters. The highest BCUT2D eigenvalue weighted by Crippen LogP contribution is 2.40. The molecule has 13 heavy (non-hydrogen) atoms. The van der Waals surface area contributed by atoms with Gasteiger partial charge in [-0.2, -0.15) is 0 Å². The zero-order valence-electron chi connectivity index (χ0n) is 7.77. The number of hydrogen-bond acceptors (Lipinski definition) is 2. The second kappa shape index (κ2) is 2.84. The third-order valence-electron chi connectivity index (χ3n) is 2.78. The first kappa shape index (κ1) is 8.75. The molecule has 2 nitrogen and oxygen atoms in total. The van der Waals surface area contributed by atoms with Gasteiger partial charge in [-0.25, -0.2) is 4.39 Å². The Morgan fingerprint density at radius 1 is 1.69 bits per heavy atom. The van der Waals surface area contributed by atoms with Crippen molar-refractivity contribution in [3.8, 4) is 0 Å². The van der Waals surface area contributed by atoms with E-state index in [1.807, 2.05) is 6.08 Å². The predicted molar refractivity (Wildman–Crippen MR) is 48.9 cm³/mol. The number of hydrogen-bond donors (Lipinski definition) is 1. The zero-order chi connectivity index (χ0) is 9.47. The molecule has 3 heteroatoms. The number of nitrogens with two attached hydrogens (primary N) is 1. The minimum Gasteiger partial charge on any atom is -0.493 e. The minimum absolute atomic E-state index is 0.295. The van der Waals surface area contributed by atoms with E-state index in [-0.39, 0.29) is 0 Å². The first-order chi connectivity index (χ1) is 6.15. The topological polar surface area (TPSA) is 35.2 Å². The molecule has 1 aliphatic carbocycles. The number of halogens is 1. The van der Waals surface area contributed by atoms with E-state index in [4.69, 9.17) is 10.5 Å². The quantitative estimate of drug-likeness (QED) is 0.671. The van der Waals surface area contributed by atoms with E-state index < -0.39 is 5.67 Å². The maximum atomic E-state index is 13.9. The fourth-order valence-corrected chi connectivity index (χ4v) is 2.01. The van der Waals surface area contributed by atoms with Crippen molar-refractivity contribution >= 4 is 0 Å². The van der Waals surface area contributed by atoms with Gasteiger partial charge in [0.05, 0.1) is 6.61 Å². The van der Waals surface area contributed by atoms with Crippen molar-refractivity contribution in [3.63, 3.8) is 0 Å². The van der Waals surface area contributed by atoms with Crippen LogP contribution in [0.5, 0.6) is 0 Å². The molecule has 0 radical (unpaired) electrons. The van der Waals surface area contributed by atoms with Crippen molar-refractivity contribution in [3.05, 3.63) is 23.0 Å². The van der Waals surface area contributed by atoms with Gasteiger partial charge in [-0.05, 0) is 18.6 Å². The van der Waals surface area contributed by atoms with Crippen molar-refractivity contribution < 1.29 is 9.13 Å². The molecule has 0 bridgehead atoms. The van der Waals surface area contributed by atoms with Gasteiger partial charge in [0.1, 0.15) is 11.4 Å². The standard InChI is InChI=1S/C10H14FNO/c1-10(11)4-2-9-7(3-5-13-9)8(10)6-12/h2H,3-6,12H2,1H3. The van der Waals surface area contributed by atoms with Gasteiger partial charge >= 0.3 is 0 Å². The lowest BCUT2D eigenvalue weighted by Gasteiger charge is -2.27. The Bertz CT molecular complexity index is 291. The van der Waals surface area contributed by atoms with E-state index in [1.165, 1.54) is 0 Å². The summed E-state index contributed by atoms with van der Waals surface area (Å²) in [6.45, 7) is 2.55. The van der Waals surface area contributed by atoms with Gasteiger partial charge < -0.3 is 10.5 Å². The van der Waals surface area contributed by atoms with Gasteiger partial charge in [0.15, 0.2) is 0 Å². The van der Waals surface area contributed by atoms with Crippen LogP contribution in [-0.2, 0) is 4.74 Å². The maximum Gasteiger partial charge on any atom is 0.134 e. The normalized spacial score (nSPS) is 32.7. The Kier molecular flexibility index (Phi) is 1.91. The highest BCUT2D eigenvalue weighted by molar-refractivity contribution is 5.42. The number of allylic oxidation sites excluding steroid dienone is 2. The molecule has 1 fully saturated rings. The Labute approximate surface area is 77.3 Å². The Hall–Kier alpha value is -0.830. The molecular weight excluding hydrogens is 169 g/mol. The third-order valence-corrected chi connectivity index (χ3v) is 2.78. The van der Waals surface area contributed by atoms with Crippen molar-refractivity contribution in [1.29, 1.82) is 0 Å². The number of alkyl halides is 1. The molecule has 0 aromatic heterocycles. The summed E-state index contributed by atoms with van der Waals surface area (Å²) < 4.78 is 19.3. The van der Waals surface area contributed by atoms with Gasteiger partial charge in [0.25, 0.3) is 0 Å². The van der Waals surface area contributed by atoms with Crippen LogP contribution in [0.1, 0.15) is 19.8 Å². The second-order valence-corrected chi connectivity index (χ2v) is 3.73. The zero-order valence-corrected chi connectivity index (χ0v) is 7.77. The molecular formula is C10H14FNO. The number of rotatable bonds is 1. The SMILES string of the molecule is CC1(F)CC=C2OCCC2=C1CN. The molecule has 1 aliphatic heterocycles. The maximum absolute atomic E-state index is 13.9. The van der Waals surface area contributed by atoms with Crippen LogP contribution in [0.2, 0.25) is 0 Å². The molecule has 72 valence electrons. The summed E-state index contributed by atoms with van der Waals surface area (Å²) in [5, 5.41) is 0. The number of fused-ring (bicyclic) bond motifs is 1. The summed E-state index contributed by atoms with van der Waals surface area (Å²) in [6, 6.07) is 0. The summed E-state index contributed by atoms with van der Waals surface area (Å²) in [5.74, 6) is 0.857. The van der Waals surface area contributed by atoms with Crippen LogP contribution < -0.4 is 5.73 Å².